The maximum Gasteiger partial charge on any atom is 0.0931 e. The first-order valence-electron chi connectivity index (χ1n) is 9.28. The van der Waals surface area contributed by atoms with Gasteiger partial charge in [-0.05, 0) is 53.3 Å². The number of hydrogen-bond acceptors (Lipinski definition) is 2. The highest BCUT2D eigenvalue weighted by Gasteiger charge is 2.20. The highest BCUT2D eigenvalue weighted by molar-refractivity contribution is 6.33. The number of benzene rings is 3. The third-order valence-corrected chi connectivity index (χ3v) is 5.72. The van der Waals surface area contributed by atoms with Crippen LogP contribution in [0, 0.1) is 0 Å². The molecule has 1 aromatic heterocycles. The molecule has 0 saturated heterocycles. The molecule has 150 valence electrons. The van der Waals surface area contributed by atoms with Gasteiger partial charge in [0.05, 0.1) is 17.4 Å². The molecule has 0 fully saturated rings. The van der Waals surface area contributed by atoms with Crippen LogP contribution < -0.4 is 5.32 Å². The van der Waals surface area contributed by atoms with Gasteiger partial charge in [-0.1, -0.05) is 54.1 Å². The molecule has 0 unspecified atom stereocenters. The second kappa shape index (κ2) is 9.19. The smallest absolute Gasteiger partial charge is 0.0931 e. The summed E-state index contributed by atoms with van der Waals surface area (Å²) in [5.41, 5.74) is 8.29. The number of aromatic nitrogens is 2. The Morgan fingerprint density at radius 1 is 0.966 bits per heavy atom. The molecular formula is C23H22Cl3N3. The van der Waals surface area contributed by atoms with Crippen molar-refractivity contribution in [3.8, 4) is 11.1 Å². The zero-order valence-electron chi connectivity index (χ0n) is 15.7. The Labute approximate surface area is 187 Å². The normalized spacial score (nSPS) is 13.0. The van der Waals surface area contributed by atoms with Gasteiger partial charge in [0.2, 0.25) is 0 Å². The van der Waals surface area contributed by atoms with Gasteiger partial charge in [0, 0.05) is 23.2 Å². The van der Waals surface area contributed by atoms with Crippen molar-refractivity contribution in [1.29, 1.82) is 0 Å². The van der Waals surface area contributed by atoms with Crippen molar-refractivity contribution in [1.82, 2.24) is 15.3 Å². The number of nitrogens with one attached hydrogen (secondary N) is 2. The van der Waals surface area contributed by atoms with Gasteiger partial charge in [0.1, 0.15) is 0 Å². The van der Waals surface area contributed by atoms with E-state index in [2.05, 4.69) is 69.9 Å². The van der Waals surface area contributed by atoms with Crippen LogP contribution in [0.25, 0.3) is 22.2 Å². The highest BCUT2D eigenvalue weighted by Crippen LogP contribution is 2.30. The first-order chi connectivity index (χ1) is 13.3. The van der Waals surface area contributed by atoms with Crippen molar-refractivity contribution in [2.75, 3.05) is 0 Å². The number of H-pyrrole nitrogens is 1. The average Bonchev–Trinajstić information content (AvgIpc) is 3.32. The van der Waals surface area contributed by atoms with E-state index in [1.165, 1.54) is 16.7 Å². The lowest BCUT2D eigenvalue weighted by molar-refractivity contribution is 0.533. The Balaban J connectivity index is 0.00000120. The van der Waals surface area contributed by atoms with E-state index in [1.807, 2.05) is 6.07 Å². The minimum atomic E-state index is 0. The van der Waals surface area contributed by atoms with Gasteiger partial charge in [-0.2, -0.15) is 0 Å². The summed E-state index contributed by atoms with van der Waals surface area (Å²) in [5.74, 6) is 0. The molecule has 5 rings (SSSR count). The Kier molecular flexibility index (Phi) is 6.86. The molecule has 1 heterocycles. The number of halogens is 3. The van der Waals surface area contributed by atoms with Crippen molar-refractivity contribution in [2.45, 2.75) is 25.4 Å². The van der Waals surface area contributed by atoms with Crippen LogP contribution in [0.3, 0.4) is 0 Å². The van der Waals surface area contributed by atoms with Crippen molar-refractivity contribution in [2.24, 2.45) is 0 Å². The molecule has 0 spiro atoms. The SMILES string of the molecule is Cl.Cl.Clc1cc(CNC2Cc3ccccc3C2)ccc1-c1ccc2nc[nH]c2c1. The van der Waals surface area contributed by atoms with Crippen LogP contribution in [0.1, 0.15) is 16.7 Å². The summed E-state index contributed by atoms with van der Waals surface area (Å²) in [7, 11) is 0. The molecule has 29 heavy (non-hydrogen) atoms. The lowest BCUT2D eigenvalue weighted by Crippen LogP contribution is -2.28. The topological polar surface area (TPSA) is 40.7 Å². The number of imidazole rings is 1. The summed E-state index contributed by atoms with van der Waals surface area (Å²) < 4.78 is 0. The van der Waals surface area contributed by atoms with Crippen LogP contribution in [-0.4, -0.2) is 16.0 Å². The average molecular weight is 447 g/mol. The molecule has 3 aromatic carbocycles. The van der Waals surface area contributed by atoms with E-state index in [1.54, 1.807) is 6.33 Å². The molecule has 0 amide bonds. The molecule has 4 aromatic rings. The highest BCUT2D eigenvalue weighted by atomic mass is 35.5. The van der Waals surface area contributed by atoms with Gasteiger partial charge >= 0.3 is 0 Å². The van der Waals surface area contributed by atoms with Gasteiger partial charge in [0.15, 0.2) is 0 Å². The van der Waals surface area contributed by atoms with E-state index in [-0.39, 0.29) is 24.8 Å². The van der Waals surface area contributed by atoms with Gasteiger partial charge < -0.3 is 10.3 Å². The molecule has 6 heteroatoms. The summed E-state index contributed by atoms with van der Waals surface area (Å²) in [4.78, 5) is 7.43. The largest absolute Gasteiger partial charge is 0.345 e. The van der Waals surface area contributed by atoms with Crippen molar-refractivity contribution >= 4 is 47.4 Å². The van der Waals surface area contributed by atoms with Crippen molar-refractivity contribution in [3.63, 3.8) is 0 Å². The fourth-order valence-electron chi connectivity index (χ4n) is 3.97. The first-order valence-corrected chi connectivity index (χ1v) is 9.66. The van der Waals surface area contributed by atoms with Gasteiger partial charge in [-0.15, -0.1) is 24.8 Å². The number of hydrogen-bond donors (Lipinski definition) is 2. The standard InChI is InChI=1S/C23H20ClN3.2ClH/c24-21-9-15(13-25-19-10-16-3-1-2-4-17(16)11-19)5-7-20(21)18-6-8-22-23(12-18)27-14-26-22;;/h1-9,12,14,19,25H,10-11,13H2,(H,26,27);2*1H. The summed E-state index contributed by atoms with van der Waals surface area (Å²) in [6.45, 7) is 0.832. The van der Waals surface area contributed by atoms with Crippen LogP contribution >= 0.6 is 36.4 Å². The lowest BCUT2D eigenvalue weighted by Gasteiger charge is -2.13. The molecule has 0 bridgehead atoms. The summed E-state index contributed by atoms with van der Waals surface area (Å²) >= 11 is 6.60. The molecule has 0 radical (unpaired) electrons. The van der Waals surface area contributed by atoms with Crippen LogP contribution in [0.5, 0.6) is 0 Å². The Morgan fingerprint density at radius 3 is 2.45 bits per heavy atom. The van der Waals surface area contributed by atoms with E-state index in [9.17, 15) is 0 Å². The number of fused-ring (bicyclic) bond motifs is 2. The summed E-state index contributed by atoms with van der Waals surface area (Å²) in [5, 5.41) is 4.46. The van der Waals surface area contributed by atoms with E-state index in [0.29, 0.717) is 6.04 Å². The van der Waals surface area contributed by atoms with E-state index >= 15 is 0 Å². The Morgan fingerprint density at radius 2 is 1.72 bits per heavy atom. The van der Waals surface area contributed by atoms with E-state index < -0.39 is 0 Å². The van der Waals surface area contributed by atoms with Crippen molar-refractivity contribution < 1.29 is 0 Å². The molecule has 0 aliphatic heterocycles. The second-order valence-corrected chi connectivity index (χ2v) is 7.61. The third kappa shape index (κ3) is 4.44. The number of aromatic amines is 1. The maximum absolute atomic E-state index is 6.60. The summed E-state index contributed by atoms with van der Waals surface area (Å²) in [6, 6.07) is 21.7. The monoisotopic (exact) mass is 445 g/mol. The lowest BCUT2D eigenvalue weighted by atomic mass is 10.0. The van der Waals surface area contributed by atoms with Gasteiger partial charge in [-0.25, -0.2) is 4.98 Å². The second-order valence-electron chi connectivity index (χ2n) is 7.20. The minimum Gasteiger partial charge on any atom is -0.345 e. The van der Waals surface area contributed by atoms with E-state index in [4.69, 9.17) is 11.6 Å². The van der Waals surface area contributed by atoms with Crippen LogP contribution in [0.2, 0.25) is 5.02 Å². The van der Waals surface area contributed by atoms with Gasteiger partial charge in [-0.3, -0.25) is 0 Å². The predicted molar refractivity (Wildman–Crippen MR) is 126 cm³/mol. The fourth-order valence-corrected chi connectivity index (χ4v) is 4.28. The molecule has 2 N–H and O–H groups in total. The maximum atomic E-state index is 6.60. The summed E-state index contributed by atoms with van der Waals surface area (Å²) in [6.07, 6.45) is 3.92. The van der Waals surface area contributed by atoms with Crippen molar-refractivity contribution in [3.05, 3.63) is 88.7 Å². The zero-order valence-corrected chi connectivity index (χ0v) is 18.1. The number of rotatable bonds is 4. The molecule has 0 saturated carbocycles. The zero-order chi connectivity index (χ0) is 18.2. The molecule has 1 aliphatic rings. The first kappa shape index (κ1) is 21.7. The van der Waals surface area contributed by atoms with Crippen LogP contribution in [0.15, 0.2) is 67.0 Å². The molecule has 0 atom stereocenters. The predicted octanol–water partition coefficient (Wildman–Crippen LogP) is 5.98. The fraction of sp³-hybridized carbons (Fsp3) is 0.174. The van der Waals surface area contributed by atoms with Gasteiger partial charge in [0.25, 0.3) is 0 Å². The molecular weight excluding hydrogens is 425 g/mol. The molecule has 3 nitrogen and oxygen atoms in total. The Bertz CT molecular complexity index is 1100. The molecule has 1 aliphatic carbocycles. The number of nitrogens with zero attached hydrogens (tertiary/aromatic N) is 1. The third-order valence-electron chi connectivity index (χ3n) is 5.41. The minimum absolute atomic E-state index is 0. The quantitative estimate of drug-likeness (QED) is 0.404. The van der Waals surface area contributed by atoms with Crippen LogP contribution in [0.4, 0.5) is 0 Å². The van der Waals surface area contributed by atoms with E-state index in [0.717, 1.165) is 46.6 Å². The van der Waals surface area contributed by atoms with Crippen LogP contribution in [-0.2, 0) is 19.4 Å². The Hall–Kier alpha value is -2.04.